The fourth-order valence-corrected chi connectivity index (χ4v) is 8.11. The highest BCUT2D eigenvalue weighted by atomic mass is 127. The number of hydrogen-bond acceptors (Lipinski definition) is 8. The van der Waals surface area contributed by atoms with Gasteiger partial charge in [0.2, 0.25) is 0 Å². The predicted octanol–water partition coefficient (Wildman–Crippen LogP) is 4.52. The Kier molecular flexibility index (Phi) is 6.95. The van der Waals surface area contributed by atoms with E-state index in [4.69, 9.17) is 14.2 Å². The molecule has 206 valence electrons. The van der Waals surface area contributed by atoms with Gasteiger partial charge in [-0.3, -0.25) is 14.1 Å². The maximum Gasteiger partial charge on any atom is 0.338 e. The Bertz CT molecular complexity index is 1430. The van der Waals surface area contributed by atoms with Gasteiger partial charge in [-0.2, -0.15) is 8.42 Å². The van der Waals surface area contributed by atoms with Crippen molar-refractivity contribution < 1.29 is 41.6 Å². The topological polar surface area (TPSA) is 133 Å². The Morgan fingerprint density at radius 3 is 2.41 bits per heavy atom. The zero-order valence-corrected chi connectivity index (χ0v) is 23.8. The summed E-state index contributed by atoms with van der Waals surface area (Å²) in [6, 6.07) is 11.0. The van der Waals surface area contributed by atoms with Gasteiger partial charge in [-0.15, -0.1) is 0 Å². The standard InChI is InChI=1S/C28H27IO9S/c29-16-8-6-15(7-9-16)26(30)37-24-19-13-20-23(28(32)38-25(20)24)22(19)27(31)36-17-10-11-21(39(33,34)35)18(12-17)14-4-2-1-3-5-14/h6-12,14,19-20,22-25H,1-5,13H2,(H,33,34,35). The highest BCUT2D eigenvalue weighted by Crippen LogP contribution is 2.59. The molecule has 0 amide bonds. The Labute approximate surface area is 239 Å². The second kappa shape index (κ2) is 10.2. The average Bonchev–Trinajstić information content (AvgIpc) is 3.53. The minimum Gasteiger partial charge on any atom is -0.458 e. The van der Waals surface area contributed by atoms with Crippen LogP contribution in [0.15, 0.2) is 47.4 Å². The van der Waals surface area contributed by atoms with Crippen LogP contribution in [0.3, 0.4) is 0 Å². The van der Waals surface area contributed by atoms with Gasteiger partial charge < -0.3 is 14.2 Å². The number of hydrogen-bond donors (Lipinski definition) is 1. The molecule has 1 saturated heterocycles. The molecule has 2 aromatic carbocycles. The SMILES string of the molecule is O=C(OC1C2CC3C1OC(=O)C3C2C(=O)Oc1ccc(S(=O)(=O)O)c(C2CCCCC2)c1)c1ccc(I)cc1. The molecule has 1 N–H and O–H groups in total. The summed E-state index contributed by atoms with van der Waals surface area (Å²) in [5, 5.41) is 0. The Morgan fingerprint density at radius 1 is 1.00 bits per heavy atom. The number of rotatable bonds is 6. The van der Waals surface area contributed by atoms with Crippen molar-refractivity contribution in [3.05, 3.63) is 57.2 Å². The normalized spacial score (nSPS) is 29.7. The third-order valence-electron chi connectivity index (χ3n) is 8.66. The van der Waals surface area contributed by atoms with Gasteiger partial charge in [-0.05, 0) is 95.8 Å². The molecular weight excluding hydrogens is 639 g/mol. The van der Waals surface area contributed by atoms with Gasteiger partial charge in [0, 0.05) is 15.4 Å². The van der Waals surface area contributed by atoms with Crippen molar-refractivity contribution in [2.45, 2.75) is 61.5 Å². The molecule has 1 aliphatic heterocycles. The highest BCUT2D eigenvalue weighted by molar-refractivity contribution is 14.1. The first-order valence-electron chi connectivity index (χ1n) is 13.1. The van der Waals surface area contributed by atoms with Crippen molar-refractivity contribution in [2.24, 2.45) is 23.7 Å². The van der Waals surface area contributed by atoms with Gasteiger partial charge in [-0.1, -0.05) is 19.3 Å². The summed E-state index contributed by atoms with van der Waals surface area (Å²) in [6.45, 7) is 0. The number of carbonyl (C=O) groups is 3. The molecule has 1 heterocycles. The monoisotopic (exact) mass is 666 g/mol. The second-order valence-electron chi connectivity index (χ2n) is 10.8. The summed E-state index contributed by atoms with van der Waals surface area (Å²) in [5.74, 6) is -3.82. The minimum atomic E-state index is -4.46. The highest BCUT2D eigenvalue weighted by Gasteiger charge is 2.70. The molecule has 0 radical (unpaired) electrons. The van der Waals surface area contributed by atoms with E-state index in [-0.39, 0.29) is 22.5 Å². The number of benzene rings is 2. The van der Waals surface area contributed by atoms with E-state index >= 15 is 0 Å². The smallest absolute Gasteiger partial charge is 0.338 e. The lowest BCUT2D eigenvalue weighted by Crippen LogP contribution is -2.44. The Morgan fingerprint density at radius 2 is 1.72 bits per heavy atom. The first kappa shape index (κ1) is 26.7. The van der Waals surface area contributed by atoms with E-state index in [1.165, 1.54) is 18.2 Å². The summed E-state index contributed by atoms with van der Waals surface area (Å²) >= 11 is 2.14. The molecule has 3 aliphatic carbocycles. The second-order valence-corrected chi connectivity index (χ2v) is 13.5. The van der Waals surface area contributed by atoms with Crippen molar-refractivity contribution in [1.82, 2.24) is 0 Å². The lowest BCUT2D eigenvalue weighted by atomic mass is 9.78. The summed E-state index contributed by atoms with van der Waals surface area (Å²) in [5.41, 5.74) is 0.799. The molecule has 39 heavy (non-hydrogen) atoms. The molecule has 4 aliphatic rings. The van der Waals surface area contributed by atoms with E-state index in [1.807, 2.05) is 0 Å². The Balaban J connectivity index is 1.24. The maximum absolute atomic E-state index is 13.5. The molecule has 0 spiro atoms. The van der Waals surface area contributed by atoms with Gasteiger partial charge in [0.25, 0.3) is 10.1 Å². The zero-order chi connectivity index (χ0) is 27.5. The fourth-order valence-electron chi connectivity index (χ4n) is 6.99. The van der Waals surface area contributed by atoms with E-state index in [9.17, 15) is 27.4 Å². The summed E-state index contributed by atoms with van der Waals surface area (Å²) < 4.78 is 52.0. The van der Waals surface area contributed by atoms with Crippen molar-refractivity contribution in [3.63, 3.8) is 0 Å². The van der Waals surface area contributed by atoms with Gasteiger partial charge in [0.05, 0.1) is 22.3 Å². The zero-order valence-electron chi connectivity index (χ0n) is 20.8. The molecule has 2 bridgehead atoms. The van der Waals surface area contributed by atoms with Crippen LogP contribution in [0.25, 0.3) is 0 Å². The quantitative estimate of drug-likeness (QED) is 0.205. The molecule has 6 rings (SSSR count). The third kappa shape index (κ3) is 4.86. The molecule has 11 heteroatoms. The number of ether oxygens (including phenoxy) is 3. The number of esters is 3. The van der Waals surface area contributed by atoms with E-state index in [0.29, 0.717) is 17.5 Å². The number of fused-ring (bicyclic) bond motifs is 1. The molecule has 6 unspecified atom stereocenters. The van der Waals surface area contributed by atoms with Gasteiger partial charge in [0.15, 0.2) is 0 Å². The van der Waals surface area contributed by atoms with Crippen molar-refractivity contribution >= 4 is 50.6 Å². The molecule has 9 nitrogen and oxygen atoms in total. The van der Waals surface area contributed by atoms with Gasteiger partial charge in [-0.25, -0.2) is 4.79 Å². The van der Waals surface area contributed by atoms with Crippen LogP contribution >= 0.6 is 22.6 Å². The molecule has 0 aromatic heterocycles. The van der Waals surface area contributed by atoms with Crippen LogP contribution in [-0.4, -0.2) is 43.1 Å². The molecular formula is C28H27IO9S. The van der Waals surface area contributed by atoms with Crippen molar-refractivity contribution in [3.8, 4) is 5.75 Å². The molecule has 2 aromatic rings. The lowest BCUT2D eigenvalue weighted by Gasteiger charge is -2.30. The maximum atomic E-state index is 13.5. The van der Waals surface area contributed by atoms with Crippen LogP contribution in [0.1, 0.15) is 60.4 Å². The van der Waals surface area contributed by atoms with E-state index in [2.05, 4.69) is 22.6 Å². The molecule has 4 fully saturated rings. The average molecular weight is 666 g/mol. The van der Waals surface area contributed by atoms with E-state index in [1.54, 1.807) is 24.3 Å². The summed E-state index contributed by atoms with van der Waals surface area (Å²) in [4.78, 5) is 38.9. The largest absolute Gasteiger partial charge is 0.458 e. The molecule has 6 atom stereocenters. The Hall–Kier alpha value is -2.51. The fraction of sp³-hybridized carbons (Fsp3) is 0.464. The molecule has 3 saturated carbocycles. The number of halogens is 1. The summed E-state index contributed by atoms with van der Waals surface area (Å²) in [6.07, 6.45) is 3.64. The predicted molar refractivity (Wildman–Crippen MR) is 145 cm³/mol. The van der Waals surface area contributed by atoms with Crippen LogP contribution in [-0.2, 0) is 29.2 Å². The van der Waals surface area contributed by atoms with Crippen LogP contribution in [0.4, 0.5) is 0 Å². The first-order chi connectivity index (χ1) is 18.6. The van der Waals surface area contributed by atoms with Crippen molar-refractivity contribution in [2.75, 3.05) is 0 Å². The summed E-state index contributed by atoms with van der Waals surface area (Å²) in [7, 11) is -4.46. The van der Waals surface area contributed by atoms with E-state index < -0.39 is 58.0 Å². The van der Waals surface area contributed by atoms with Gasteiger partial charge in [0.1, 0.15) is 18.0 Å². The van der Waals surface area contributed by atoms with Crippen LogP contribution in [0.5, 0.6) is 5.75 Å². The third-order valence-corrected chi connectivity index (χ3v) is 10.3. The van der Waals surface area contributed by atoms with Crippen LogP contribution in [0.2, 0.25) is 0 Å². The van der Waals surface area contributed by atoms with Crippen molar-refractivity contribution in [1.29, 1.82) is 0 Å². The van der Waals surface area contributed by atoms with Gasteiger partial charge >= 0.3 is 17.9 Å². The van der Waals surface area contributed by atoms with Crippen LogP contribution in [0, 0.1) is 27.2 Å². The lowest BCUT2D eigenvalue weighted by molar-refractivity contribution is -0.149. The van der Waals surface area contributed by atoms with E-state index in [0.717, 1.165) is 35.7 Å². The minimum absolute atomic E-state index is 0.0764. The number of carbonyl (C=O) groups excluding carboxylic acids is 3. The first-order valence-corrected chi connectivity index (χ1v) is 15.6. The van der Waals surface area contributed by atoms with Crippen LogP contribution < -0.4 is 4.74 Å².